The first-order valence-electron chi connectivity index (χ1n) is 9.18. The highest BCUT2D eigenvalue weighted by Gasteiger charge is 2.23. The summed E-state index contributed by atoms with van der Waals surface area (Å²) in [4.78, 5) is 35.7. The van der Waals surface area contributed by atoms with Crippen molar-refractivity contribution < 1.29 is 34.4 Å². The van der Waals surface area contributed by atoms with Gasteiger partial charge in [0.1, 0.15) is 0 Å². The van der Waals surface area contributed by atoms with Crippen LogP contribution in [-0.4, -0.2) is 52.9 Å². The second-order valence-corrected chi connectivity index (χ2v) is 6.70. The van der Waals surface area contributed by atoms with E-state index in [0.29, 0.717) is 11.1 Å². The van der Waals surface area contributed by atoms with Crippen molar-refractivity contribution in [2.45, 2.75) is 18.4 Å². The number of carbonyl (C=O) groups is 3. The molecule has 31 heavy (non-hydrogen) atoms. The van der Waals surface area contributed by atoms with Gasteiger partial charge in [-0.1, -0.05) is 12.1 Å². The number of benzene rings is 2. The second kappa shape index (κ2) is 10.2. The lowest BCUT2D eigenvalue weighted by Crippen LogP contribution is -2.44. The Morgan fingerprint density at radius 3 is 2.32 bits per heavy atom. The molecule has 0 aliphatic heterocycles. The predicted octanol–water partition coefficient (Wildman–Crippen LogP) is -0.223. The Hall–Kier alpha value is -3.99. The third kappa shape index (κ3) is 6.24. The zero-order valence-electron chi connectivity index (χ0n) is 16.7. The quantitative estimate of drug-likeness (QED) is 0.278. The largest absolute Gasteiger partial charge is 0.504 e. The van der Waals surface area contributed by atoms with Crippen molar-refractivity contribution >= 4 is 17.9 Å². The van der Waals surface area contributed by atoms with E-state index in [9.17, 15) is 29.7 Å². The van der Waals surface area contributed by atoms with Gasteiger partial charge in [0.15, 0.2) is 23.0 Å². The summed E-state index contributed by atoms with van der Waals surface area (Å²) >= 11 is 0. The van der Waals surface area contributed by atoms with Crippen LogP contribution in [0.15, 0.2) is 36.4 Å². The number of ether oxygens (including phenoxy) is 1. The molecule has 2 aromatic rings. The molecule has 2 atom stereocenters. The van der Waals surface area contributed by atoms with Crippen LogP contribution in [0.3, 0.4) is 0 Å². The number of hydrogen-bond donors (Lipinski definition) is 7. The van der Waals surface area contributed by atoms with Crippen molar-refractivity contribution in [2.24, 2.45) is 11.5 Å². The van der Waals surface area contributed by atoms with Gasteiger partial charge in [0.25, 0.3) is 0 Å². The van der Waals surface area contributed by atoms with E-state index in [-0.39, 0.29) is 36.0 Å². The number of nitrogens with one attached hydrogen (secondary N) is 2. The molecular weight excluding hydrogens is 408 g/mol. The molecule has 0 saturated heterocycles. The van der Waals surface area contributed by atoms with Crippen molar-refractivity contribution in [3.05, 3.63) is 47.5 Å². The summed E-state index contributed by atoms with van der Waals surface area (Å²) in [5.41, 5.74) is 12.2. The molecule has 9 N–H and O–H groups in total. The predicted molar refractivity (Wildman–Crippen MR) is 110 cm³/mol. The summed E-state index contributed by atoms with van der Waals surface area (Å²) in [7, 11) is 1.34. The number of primary amides is 1. The van der Waals surface area contributed by atoms with Crippen molar-refractivity contribution in [2.75, 3.05) is 13.6 Å². The van der Waals surface area contributed by atoms with Gasteiger partial charge < -0.3 is 42.2 Å². The molecule has 3 amide bonds. The summed E-state index contributed by atoms with van der Waals surface area (Å²) in [5.74, 6) is -3.44. The summed E-state index contributed by atoms with van der Waals surface area (Å²) in [5, 5.41) is 33.5. The van der Waals surface area contributed by atoms with Crippen LogP contribution in [0.2, 0.25) is 0 Å². The molecule has 0 fully saturated rings. The zero-order chi connectivity index (χ0) is 23.1. The molecule has 11 nitrogen and oxygen atoms in total. The number of nitrogens with two attached hydrogens (primary N) is 2. The number of aromatic hydroxyl groups is 3. The second-order valence-electron chi connectivity index (χ2n) is 6.70. The fraction of sp³-hybridized carbons (Fsp3) is 0.250. The highest BCUT2D eigenvalue weighted by Crippen LogP contribution is 2.30. The van der Waals surface area contributed by atoms with E-state index >= 15 is 0 Å². The maximum atomic E-state index is 12.3. The van der Waals surface area contributed by atoms with Gasteiger partial charge in [-0.3, -0.25) is 9.59 Å². The van der Waals surface area contributed by atoms with Crippen LogP contribution in [0, 0.1) is 0 Å². The van der Waals surface area contributed by atoms with Crippen molar-refractivity contribution in [1.29, 1.82) is 0 Å². The lowest BCUT2D eigenvalue weighted by Gasteiger charge is -2.18. The van der Waals surface area contributed by atoms with Crippen LogP contribution in [0.4, 0.5) is 4.79 Å². The molecule has 0 spiro atoms. The van der Waals surface area contributed by atoms with Crippen molar-refractivity contribution in [1.82, 2.24) is 10.6 Å². The van der Waals surface area contributed by atoms with Gasteiger partial charge in [0.05, 0.1) is 12.0 Å². The van der Waals surface area contributed by atoms with Crippen LogP contribution in [0.1, 0.15) is 17.0 Å². The Morgan fingerprint density at radius 2 is 1.71 bits per heavy atom. The number of carbonyl (C=O) groups excluding carboxylic acids is 3. The molecule has 166 valence electrons. The van der Waals surface area contributed by atoms with Crippen LogP contribution < -0.4 is 26.8 Å². The number of amides is 3. The molecule has 0 aromatic heterocycles. The molecule has 2 rings (SSSR count). The summed E-state index contributed by atoms with van der Waals surface area (Å²) < 4.78 is 4.92. The molecule has 0 unspecified atom stereocenters. The molecule has 11 heteroatoms. The highest BCUT2D eigenvalue weighted by molar-refractivity contribution is 5.85. The number of hydrogen-bond acceptors (Lipinski definition) is 8. The maximum absolute atomic E-state index is 12.3. The first-order valence-corrected chi connectivity index (χ1v) is 9.18. The number of phenolic OH excluding ortho intramolecular Hbond substituents is 3. The molecule has 0 aliphatic rings. The zero-order valence-corrected chi connectivity index (χ0v) is 16.7. The van der Waals surface area contributed by atoms with Crippen molar-refractivity contribution in [3.8, 4) is 23.0 Å². The summed E-state index contributed by atoms with van der Waals surface area (Å²) in [6, 6.07) is 7.00. The van der Waals surface area contributed by atoms with Crippen LogP contribution in [-0.2, 0) is 16.0 Å². The molecule has 0 saturated carbocycles. The van der Waals surface area contributed by atoms with Gasteiger partial charge >= 0.3 is 6.09 Å². The normalized spacial score (nSPS) is 12.5. The van der Waals surface area contributed by atoms with Gasteiger partial charge in [-0.05, 0) is 41.8 Å². The average molecular weight is 432 g/mol. The van der Waals surface area contributed by atoms with Gasteiger partial charge in [-0.15, -0.1) is 0 Å². The van der Waals surface area contributed by atoms with E-state index in [1.165, 1.54) is 43.4 Å². The smallest absolute Gasteiger partial charge is 0.412 e. The molecule has 2 aromatic carbocycles. The SMILES string of the molecule is CNC(=O)Oc1cc([C@H](CNC(=O)[C@@H](N)Cc2ccc(O)c(O)c2)C(N)=O)ccc1O. The molecule has 0 heterocycles. The van der Waals surface area contributed by atoms with Crippen LogP contribution in [0.5, 0.6) is 23.0 Å². The standard InChI is InChI=1S/C20H24N4O7/c1-23-20(30)31-17-8-11(3-5-15(17)26)12(18(22)28)9-24-19(29)13(21)6-10-2-4-14(25)16(27)7-10/h2-5,7-8,12-13,25-27H,6,9,21H2,1H3,(H2,22,28)(H,23,30)(H,24,29)/t12-,13-/m0/s1. The third-order valence-electron chi connectivity index (χ3n) is 4.45. The minimum Gasteiger partial charge on any atom is -0.504 e. The minimum absolute atomic E-state index is 0.0736. The van der Waals surface area contributed by atoms with Crippen LogP contribution in [0.25, 0.3) is 0 Å². The van der Waals surface area contributed by atoms with E-state index in [1.807, 2.05) is 0 Å². The van der Waals surface area contributed by atoms with Gasteiger partial charge in [0, 0.05) is 13.6 Å². The number of phenols is 3. The molecule has 0 aliphatic carbocycles. The van der Waals surface area contributed by atoms with E-state index in [1.54, 1.807) is 0 Å². The van der Waals surface area contributed by atoms with E-state index < -0.39 is 29.9 Å². The van der Waals surface area contributed by atoms with E-state index in [4.69, 9.17) is 16.2 Å². The van der Waals surface area contributed by atoms with E-state index in [0.717, 1.165) is 0 Å². The first kappa shape index (κ1) is 23.3. The van der Waals surface area contributed by atoms with Crippen LogP contribution >= 0.6 is 0 Å². The topological polar surface area (TPSA) is 197 Å². The lowest BCUT2D eigenvalue weighted by molar-refractivity contribution is -0.123. The molecule has 0 radical (unpaired) electrons. The lowest BCUT2D eigenvalue weighted by atomic mass is 9.97. The van der Waals surface area contributed by atoms with Gasteiger partial charge in [0.2, 0.25) is 11.8 Å². The Balaban J connectivity index is 2.07. The fourth-order valence-electron chi connectivity index (χ4n) is 2.74. The minimum atomic E-state index is -0.996. The Kier molecular flexibility index (Phi) is 7.64. The van der Waals surface area contributed by atoms with Gasteiger partial charge in [-0.2, -0.15) is 0 Å². The summed E-state index contributed by atoms with van der Waals surface area (Å²) in [6.07, 6.45) is -0.743. The van der Waals surface area contributed by atoms with E-state index in [2.05, 4.69) is 10.6 Å². The molecule has 0 bridgehead atoms. The third-order valence-corrected chi connectivity index (χ3v) is 4.45. The Bertz CT molecular complexity index is 980. The first-order chi connectivity index (χ1) is 14.6. The van der Waals surface area contributed by atoms with Crippen molar-refractivity contribution in [3.63, 3.8) is 0 Å². The average Bonchev–Trinajstić information content (AvgIpc) is 2.72. The Morgan fingerprint density at radius 1 is 1.03 bits per heavy atom. The fourth-order valence-corrected chi connectivity index (χ4v) is 2.74. The monoisotopic (exact) mass is 432 g/mol. The Labute approximate surface area is 177 Å². The molecular formula is C20H24N4O7. The highest BCUT2D eigenvalue weighted by atomic mass is 16.6. The maximum Gasteiger partial charge on any atom is 0.412 e. The van der Waals surface area contributed by atoms with Gasteiger partial charge in [-0.25, -0.2) is 4.79 Å². The summed E-state index contributed by atoms with van der Waals surface area (Å²) in [6.45, 7) is -0.188. The number of rotatable bonds is 8.